The monoisotopic (exact) mass is 490 g/mol. The van der Waals surface area contributed by atoms with E-state index in [0.29, 0.717) is 26.2 Å². The maximum Gasteiger partial charge on any atom is 0.250 e. The summed E-state index contributed by atoms with van der Waals surface area (Å²) < 4.78 is 13.5. The van der Waals surface area contributed by atoms with Crippen molar-refractivity contribution in [3.63, 3.8) is 0 Å². The fourth-order valence-corrected chi connectivity index (χ4v) is 4.59. The van der Waals surface area contributed by atoms with Crippen molar-refractivity contribution < 1.29 is 14.6 Å². The van der Waals surface area contributed by atoms with E-state index in [0.717, 1.165) is 56.0 Å². The standard InChI is InChI=1S/C30H38N2O4/c1-24-5-10-28(11-6-24)36-23-30(34)15-3-17-31(19-16-30)22-26-8-12-27(13-9-26)35-20-4-18-32-21-25(2)7-14-29(32)33/h5-14,21,34H,3-4,15-20,22-23H2,1-2H3/t30-/m0/s1. The van der Waals surface area contributed by atoms with Gasteiger partial charge in [0.05, 0.1) is 12.2 Å². The van der Waals surface area contributed by atoms with Gasteiger partial charge in [-0.2, -0.15) is 0 Å². The Labute approximate surface area is 214 Å². The molecule has 192 valence electrons. The third kappa shape index (κ3) is 7.70. The minimum atomic E-state index is -0.791. The van der Waals surface area contributed by atoms with E-state index < -0.39 is 5.60 Å². The average molecular weight is 491 g/mol. The highest BCUT2D eigenvalue weighted by Gasteiger charge is 2.31. The van der Waals surface area contributed by atoms with Crippen LogP contribution >= 0.6 is 0 Å². The number of nitrogens with zero attached hydrogens (tertiary/aromatic N) is 2. The van der Waals surface area contributed by atoms with Crippen molar-refractivity contribution in [1.29, 1.82) is 0 Å². The fraction of sp³-hybridized carbons (Fsp3) is 0.433. The van der Waals surface area contributed by atoms with E-state index in [1.54, 1.807) is 10.6 Å². The molecule has 4 rings (SSSR count). The van der Waals surface area contributed by atoms with Crippen molar-refractivity contribution in [1.82, 2.24) is 9.47 Å². The molecule has 2 heterocycles. The Kier molecular flexibility index (Phi) is 8.83. The number of ether oxygens (including phenoxy) is 2. The first-order valence-corrected chi connectivity index (χ1v) is 12.9. The van der Waals surface area contributed by atoms with E-state index in [4.69, 9.17) is 9.47 Å². The first kappa shape index (κ1) is 26.0. The molecule has 1 aliphatic heterocycles. The van der Waals surface area contributed by atoms with Gasteiger partial charge in [0.25, 0.3) is 5.56 Å². The molecule has 1 saturated heterocycles. The molecule has 1 atom stereocenters. The van der Waals surface area contributed by atoms with Gasteiger partial charge in [0.2, 0.25) is 0 Å². The quantitative estimate of drug-likeness (QED) is 0.416. The van der Waals surface area contributed by atoms with Crippen LogP contribution in [0, 0.1) is 13.8 Å². The van der Waals surface area contributed by atoms with Gasteiger partial charge < -0.3 is 19.1 Å². The number of aryl methyl sites for hydroxylation is 3. The van der Waals surface area contributed by atoms with Crippen LogP contribution in [0.3, 0.4) is 0 Å². The molecule has 0 bridgehead atoms. The largest absolute Gasteiger partial charge is 0.494 e. The summed E-state index contributed by atoms with van der Waals surface area (Å²) in [6.45, 7) is 8.23. The predicted molar refractivity (Wildman–Crippen MR) is 143 cm³/mol. The number of aliphatic hydroxyl groups is 1. The molecule has 2 aromatic carbocycles. The lowest BCUT2D eigenvalue weighted by Gasteiger charge is -2.27. The lowest BCUT2D eigenvalue weighted by Crippen LogP contribution is -2.37. The number of benzene rings is 2. The highest BCUT2D eigenvalue weighted by Crippen LogP contribution is 2.25. The third-order valence-corrected chi connectivity index (χ3v) is 6.81. The first-order chi connectivity index (χ1) is 17.4. The van der Waals surface area contributed by atoms with Gasteiger partial charge in [-0.3, -0.25) is 9.69 Å². The van der Waals surface area contributed by atoms with Crippen molar-refractivity contribution in [2.75, 3.05) is 26.3 Å². The summed E-state index contributed by atoms with van der Waals surface area (Å²) in [6.07, 6.45) is 5.05. The second kappa shape index (κ2) is 12.2. The highest BCUT2D eigenvalue weighted by atomic mass is 16.5. The van der Waals surface area contributed by atoms with E-state index >= 15 is 0 Å². The van der Waals surface area contributed by atoms with Crippen LogP contribution in [0.2, 0.25) is 0 Å². The molecule has 1 N–H and O–H groups in total. The molecule has 1 aliphatic rings. The van der Waals surface area contributed by atoms with Gasteiger partial charge in [-0.1, -0.05) is 35.9 Å². The van der Waals surface area contributed by atoms with Gasteiger partial charge in [-0.05, 0) is 81.5 Å². The maximum absolute atomic E-state index is 11.9. The van der Waals surface area contributed by atoms with Crippen LogP contribution in [0.1, 0.15) is 42.4 Å². The van der Waals surface area contributed by atoms with Gasteiger partial charge in [-0.25, -0.2) is 0 Å². The zero-order chi connectivity index (χ0) is 25.4. The minimum Gasteiger partial charge on any atom is -0.494 e. The Hall–Kier alpha value is -3.09. The summed E-state index contributed by atoms with van der Waals surface area (Å²) in [6, 6.07) is 19.7. The lowest BCUT2D eigenvalue weighted by molar-refractivity contribution is -0.0168. The fourth-order valence-electron chi connectivity index (χ4n) is 4.59. The van der Waals surface area contributed by atoms with Crippen LogP contribution < -0.4 is 15.0 Å². The van der Waals surface area contributed by atoms with Crippen LogP contribution in [0.25, 0.3) is 0 Å². The normalized spacial score (nSPS) is 18.5. The molecular weight excluding hydrogens is 452 g/mol. The molecule has 3 aromatic rings. The maximum atomic E-state index is 11.9. The topological polar surface area (TPSA) is 63.9 Å². The number of aromatic nitrogens is 1. The molecule has 0 aliphatic carbocycles. The van der Waals surface area contributed by atoms with E-state index in [-0.39, 0.29) is 5.56 Å². The predicted octanol–water partition coefficient (Wildman–Crippen LogP) is 4.73. The van der Waals surface area contributed by atoms with Crippen molar-refractivity contribution in [2.24, 2.45) is 0 Å². The van der Waals surface area contributed by atoms with Crippen molar-refractivity contribution in [3.8, 4) is 11.5 Å². The summed E-state index contributed by atoms with van der Waals surface area (Å²) in [4.78, 5) is 14.3. The Balaban J connectivity index is 1.19. The molecule has 36 heavy (non-hydrogen) atoms. The Bertz CT molecular complexity index is 1160. The van der Waals surface area contributed by atoms with E-state index in [2.05, 4.69) is 24.0 Å². The molecule has 0 radical (unpaired) electrons. The van der Waals surface area contributed by atoms with Crippen LogP contribution in [0.4, 0.5) is 0 Å². The average Bonchev–Trinajstić information content (AvgIpc) is 3.06. The molecule has 0 unspecified atom stereocenters. The second-order valence-electron chi connectivity index (χ2n) is 10.0. The van der Waals surface area contributed by atoms with Crippen LogP contribution in [0.15, 0.2) is 71.7 Å². The van der Waals surface area contributed by atoms with Crippen molar-refractivity contribution >= 4 is 0 Å². The van der Waals surface area contributed by atoms with Crippen LogP contribution in [-0.4, -0.2) is 46.5 Å². The molecule has 0 amide bonds. The summed E-state index contributed by atoms with van der Waals surface area (Å²) in [7, 11) is 0. The zero-order valence-corrected chi connectivity index (χ0v) is 21.5. The number of rotatable bonds is 10. The number of pyridine rings is 1. The van der Waals surface area contributed by atoms with Crippen LogP contribution in [-0.2, 0) is 13.1 Å². The smallest absolute Gasteiger partial charge is 0.250 e. The lowest BCUT2D eigenvalue weighted by atomic mass is 9.96. The number of hydrogen-bond donors (Lipinski definition) is 1. The zero-order valence-electron chi connectivity index (χ0n) is 21.5. The molecule has 1 fully saturated rings. The van der Waals surface area contributed by atoms with Crippen molar-refractivity contribution in [2.45, 2.75) is 58.2 Å². The first-order valence-electron chi connectivity index (χ1n) is 12.9. The summed E-state index contributed by atoms with van der Waals surface area (Å²) in [5.74, 6) is 1.65. The SMILES string of the molecule is Cc1ccc(OC[C@]2(O)CCCN(Cc3ccc(OCCCn4cc(C)ccc4=O)cc3)CC2)cc1. The molecule has 0 spiro atoms. The summed E-state index contributed by atoms with van der Waals surface area (Å²) in [5.41, 5.74) is 2.74. The van der Waals surface area contributed by atoms with Gasteiger partial charge in [0, 0.05) is 31.9 Å². The molecule has 0 saturated carbocycles. The Morgan fingerprint density at radius 1 is 0.861 bits per heavy atom. The van der Waals surface area contributed by atoms with Gasteiger partial charge in [0.1, 0.15) is 18.1 Å². The van der Waals surface area contributed by atoms with E-state index in [9.17, 15) is 9.90 Å². The number of hydrogen-bond acceptors (Lipinski definition) is 5. The highest BCUT2D eigenvalue weighted by molar-refractivity contribution is 5.27. The Morgan fingerprint density at radius 2 is 1.56 bits per heavy atom. The molecule has 6 heteroatoms. The van der Waals surface area contributed by atoms with Gasteiger partial charge >= 0.3 is 0 Å². The van der Waals surface area contributed by atoms with E-state index in [1.807, 2.05) is 55.6 Å². The second-order valence-corrected chi connectivity index (χ2v) is 10.0. The summed E-state index contributed by atoms with van der Waals surface area (Å²) >= 11 is 0. The van der Waals surface area contributed by atoms with Crippen LogP contribution in [0.5, 0.6) is 11.5 Å². The van der Waals surface area contributed by atoms with Gasteiger partial charge in [0.15, 0.2) is 0 Å². The third-order valence-electron chi connectivity index (χ3n) is 6.81. The minimum absolute atomic E-state index is 0.0238. The molecular formula is C30H38N2O4. The molecule has 6 nitrogen and oxygen atoms in total. The molecule has 1 aromatic heterocycles. The number of likely N-dealkylation sites (tertiary alicyclic amines) is 1. The van der Waals surface area contributed by atoms with E-state index in [1.165, 1.54) is 11.1 Å². The summed E-state index contributed by atoms with van der Waals surface area (Å²) in [5, 5.41) is 11.1. The Morgan fingerprint density at radius 3 is 2.33 bits per heavy atom. The van der Waals surface area contributed by atoms with Crippen molar-refractivity contribution in [3.05, 3.63) is 93.9 Å². The van der Waals surface area contributed by atoms with Gasteiger partial charge in [-0.15, -0.1) is 0 Å².